The van der Waals surface area contributed by atoms with Crippen molar-refractivity contribution in [2.24, 2.45) is 0 Å². The fourth-order valence-electron chi connectivity index (χ4n) is 3.52. The molecular weight excluding hydrogens is 497 g/mol. The standard InChI is InChI=1S/C27H54NO8P/c1-6-8-10-11-12-13-14-15-16-17-18-20-27(30)36-25(23-33-26(29)19-9-7-2)24-35-37(31,32)34-22-21-28(3,4)5/h25H,6-24H2,1-5H3/p+1/t25-/m1/s1. The summed E-state index contributed by atoms with van der Waals surface area (Å²) in [6.45, 7) is 4.12. The molecule has 0 rings (SSSR count). The quantitative estimate of drug-likeness (QED) is 0.0620. The molecule has 1 N–H and O–H groups in total. The van der Waals surface area contributed by atoms with Crippen molar-refractivity contribution in [3.8, 4) is 0 Å². The van der Waals surface area contributed by atoms with Gasteiger partial charge in [0.25, 0.3) is 0 Å². The highest BCUT2D eigenvalue weighted by Gasteiger charge is 2.27. The van der Waals surface area contributed by atoms with E-state index in [0.717, 1.165) is 19.3 Å². The summed E-state index contributed by atoms with van der Waals surface area (Å²) >= 11 is 0. The Morgan fingerprint density at radius 1 is 0.730 bits per heavy atom. The molecule has 1 unspecified atom stereocenters. The van der Waals surface area contributed by atoms with Gasteiger partial charge < -0.3 is 18.9 Å². The van der Waals surface area contributed by atoms with Crippen LogP contribution in [0.4, 0.5) is 0 Å². The number of hydrogen-bond donors (Lipinski definition) is 1. The van der Waals surface area contributed by atoms with Crippen molar-refractivity contribution < 1.29 is 42.1 Å². The van der Waals surface area contributed by atoms with Gasteiger partial charge in [-0.1, -0.05) is 84.5 Å². The Hall–Kier alpha value is -0.990. The zero-order valence-corrected chi connectivity index (χ0v) is 25.1. The lowest BCUT2D eigenvalue weighted by molar-refractivity contribution is -0.870. The molecule has 0 aliphatic carbocycles. The third-order valence-electron chi connectivity index (χ3n) is 5.89. The van der Waals surface area contributed by atoms with Crippen molar-refractivity contribution in [3.63, 3.8) is 0 Å². The van der Waals surface area contributed by atoms with Crippen LogP contribution in [0.2, 0.25) is 0 Å². The Morgan fingerprint density at radius 2 is 1.24 bits per heavy atom. The van der Waals surface area contributed by atoms with Crippen LogP contribution in [0.1, 0.15) is 110 Å². The summed E-state index contributed by atoms with van der Waals surface area (Å²) in [7, 11) is 1.47. The van der Waals surface area contributed by atoms with Crippen molar-refractivity contribution in [3.05, 3.63) is 0 Å². The third-order valence-corrected chi connectivity index (χ3v) is 6.87. The molecule has 0 bridgehead atoms. The number of rotatable bonds is 25. The van der Waals surface area contributed by atoms with Crippen molar-refractivity contribution >= 4 is 19.8 Å². The van der Waals surface area contributed by atoms with Gasteiger partial charge in [0.1, 0.15) is 19.8 Å². The minimum absolute atomic E-state index is 0.0343. The van der Waals surface area contributed by atoms with Crippen LogP contribution in [0, 0.1) is 0 Å². The topological polar surface area (TPSA) is 108 Å². The van der Waals surface area contributed by atoms with Gasteiger partial charge in [0.15, 0.2) is 6.10 Å². The predicted molar refractivity (Wildman–Crippen MR) is 146 cm³/mol. The second kappa shape index (κ2) is 21.9. The fraction of sp³-hybridized carbons (Fsp3) is 0.926. The minimum Gasteiger partial charge on any atom is -0.462 e. The first kappa shape index (κ1) is 36.0. The second-order valence-electron chi connectivity index (χ2n) is 10.8. The van der Waals surface area contributed by atoms with Crippen molar-refractivity contribution in [1.82, 2.24) is 0 Å². The monoisotopic (exact) mass is 552 g/mol. The lowest BCUT2D eigenvalue weighted by Gasteiger charge is -2.24. The molecule has 0 amide bonds. The van der Waals surface area contributed by atoms with E-state index in [1.807, 2.05) is 28.1 Å². The summed E-state index contributed by atoms with van der Waals surface area (Å²) in [6, 6.07) is 0. The summed E-state index contributed by atoms with van der Waals surface area (Å²) in [4.78, 5) is 34.2. The van der Waals surface area contributed by atoms with Crippen molar-refractivity contribution in [2.45, 2.75) is 116 Å². The van der Waals surface area contributed by atoms with Crippen LogP contribution in [0.3, 0.4) is 0 Å². The number of carbonyl (C=O) groups is 2. The molecule has 0 aromatic rings. The molecule has 220 valence electrons. The minimum atomic E-state index is -4.33. The Balaban J connectivity index is 4.39. The molecule has 0 aliphatic heterocycles. The highest BCUT2D eigenvalue weighted by atomic mass is 31.2. The average Bonchev–Trinajstić information content (AvgIpc) is 2.81. The molecule has 9 nitrogen and oxygen atoms in total. The average molecular weight is 553 g/mol. The number of unbranched alkanes of at least 4 members (excludes halogenated alkanes) is 11. The van der Waals surface area contributed by atoms with E-state index in [4.69, 9.17) is 18.5 Å². The number of hydrogen-bond acceptors (Lipinski definition) is 7. The zero-order chi connectivity index (χ0) is 28.0. The van der Waals surface area contributed by atoms with Gasteiger partial charge in [-0.2, -0.15) is 0 Å². The van der Waals surface area contributed by atoms with Gasteiger partial charge in [0.2, 0.25) is 0 Å². The number of esters is 2. The van der Waals surface area contributed by atoms with E-state index in [2.05, 4.69) is 6.92 Å². The molecular formula is C27H55NO8P+. The highest BCUT2D eigenvalue weighted by molar-refractivity contribution is 7.47. The van der Waals surface area contributed by atoms with Crippen molar-refractivity contribution in [1.29, 1.82) is 0 Å². The Bertz CT molecular complexity index is 638. The number of phosphoric acid groups is 1. The van der Waals surface area contributed by atoms with Crippen LogP contribution in [-0.4, -0.2) is 74.9 Å². The fourth-order valence-corrected chi connectivity index (χ4v) is 4.26. The molecule has 10 heteroatoms. The summed E-state index contributed by atoms with van der Waals surface area (Å²) in [6.07, 6.45) is 14.1. The number of quaternary nitrogens is 1. The molecule has 0 fully saturated rings. The van der Waals surface area contributed by atoms with Gasteiger partial charge in [0.05, 0.1) is 27.7 Å². The van der Waals surface area contributed by atoms with Crippen LogP contribution in [-0.2, 0) is 32.7 Å². The summed E-state index contributed by atoms with van der Waals surface area (Å²) in [5.74, 6) is -0.840. The molecule has 0 saturated carbocycles. The maximum atomic E-state index is 12.4. The Morgan fingerprint density at radius 3 is 1.78 bits per heavy atom. The molecule has 0 aromatic heterocycles. The van der Waals surface area contributed by atoms with E-state index >= 15 is 0 Å². The normalized spacial score (nSPS) is 14.2. The second-order valence-corrected chi connectivity index (χ2v) is 12.2. The van der Waals surface area contributed by atoms with Gasteiger partial charge in [-0.25, -0.2) is 4.57 Å². The highest BCUT2D eigenvalue weighted by Crippen LogP contribution is 2.43. The van der Waals surface area contributed by atoms with Gasteiger partial charge in [0, 0.05) is 12.8 Å². The number of ether oxygens (including phenoxy) is 2. The zero-order valence-electron chi connectivity index (χ0n) is 24.2. The maximum Gasteiger partial charge on any atom is 0.472 e. The molecule has 2 atom stereocenters. The molecule has 37 heavy (non-hydrogen) atoms. The van der Waals surface area contributed by atoms with Crippen molar-refractivity contribution in [2.75, 3.05) is 47.5 Å². The first-order valence-electron chi connectivity index (χ1n) is 14.3. The number of nitrogens with zero attached hydrogens (tertiary/aromatic N) is 1. The number of carbonyl (C=O) groups excluding carboxylic acids is 2. The first-order chi connectivity index (χ1) is 17.5. The lowest BCUT2D eigenvalue weighted by Crippen LogP contribution is -2.37. The molecule has 0 aliphatic rings. The predicted octanol–water partition coefficient (Wildman–Crippen LogP) is 6.17. The largest absolute Gasteiger partial charge is 0.472 e. The molecule has 0 spiro atoms. The van der Waals surface area contributed by atoms with Gasteiger partial charge in [-0.15, -0.1) is 0 Å². The Kier molecular flexibility index (Phi) is 21.3. The molecule has 0 aromatic carbocycles. The van der Waals surface area contributed by atoms with Gasteiger partial charge in [-0.3, -0.25) is 18.6 Å². The van der Waals surface area contributed by atoms with E-state index in [1.165, 1.54) is 51.4 Å². The van der Waals surface area contributed by atoms with E-state index < -0.39 is 32.5 Å². The molecule has 0 saturated heterocycles. The summed E-state index contributed by atoms with van der Waals surface area (Å²) in [5, 5.41) is 0. The SMILES string of the molecule is CCCCCCCCCCCCCC(=O)O[C@H](COC(=O)CCCC)COP(=O)(O)OCC[N+](C)(C)C. The van der Waals surface area contributed by atoms with Crippen LogP contribution < -0.4 is 0 Å². The first-order valence-corrected chi connectivity index (χ1v) is 15.8. The van der Waals surface area contributed by atoms with E-state index in [-0.39, 0.29) is 26.1 Å². The summed E-state index contributed by atoms with van der Waals surface area (Å²) in [5.41, 5.74) is 0. The molecule has 0 radical (unpaired) electrons. The van der Waals surface area contributed by atoms with Crippen LogP contribution in [0.5, 0.6) is 0 Å². The lowest BCUT2D eigenvalue weighted by atomic mass is 10.1. The van der Waals surface area contributed by atoms with E-state index in [0.29, 0.717) is 23.9 Å². The maximum absolute atomic E-state index is 12.4. The van der Waals surface area contributed by atoms with E-state index in [1.54, 1.807) is 0 Å². The third kappa shape index (κ3) is 25.1. The number of phosphoric ester groups is 1. The number of likely N-dealkylation sites (N-methyl/N-ethyl adjacent to an activating group) is 1. The molecule has 0 heterocycles. The van der Waals surface area contributed by atoms with Crippen LogP contribution >= 0.6 is 7.82 Å². The van der Waals surface area contributed by atoms with Crippen LogP contribution in [0.15, 0.2) is 0 Å². The smallest absolute Gasteiger partial charge is 0.462 e. The van der Waals surface area contributed by atoms with Gasteiger partial charge >= 0.3 is 19.8 Å². The van der Waals surface area contributed by atoms with E-state index in [9.17, 15) is 19.0 Å². The summed E-state index contributed by atoms with van der Waals surface area (Å²) < 4.78 is 33.4. The van der Waals surface area contributed by atoms with Gasteiger partial charge in [-0.05, 0) is 12.8 Å². The Labute approximate surface area is 225 Å². The van der Waals surface area contributed by atoms with Crippen LogP contribution in [0.25, 0.3) is 0 Å².